The van der Waals surface area contributed by atoms with E-state index in [1.807, 2.05) is 0 Å². The molecule has 0 heterocycles. The van der Waals surface area contributed by atoms with Crippen LogP contribution in [0, 0.1) is 0 Å². The monoisotopic (exact) mass is 411 g/mol. The van der Waals surface area contributed by atoms with Crippen LogP contribution in [-0.4, -0.2) is 45.5 Å². The quantitative estimate of drug-likeness (QED) is 0.124. The van der Waals surface area contributed by atoms with Crippen LogP contribution in [0.3, 0.4) is 0 Å². The van der Waals surface area contributed by atoms with Gasteiger partial charge >= 0.3 is 7.82 Å². The Balaban J connectivity index is 3.61. The second kappa shape index (κ2) is 16.9. The summed E-state index contributed by atoms with van der Waals surface area (Å²) in [5, 5.41) is 22.4. The van der Waals surface area contributed by atoms with Crippen molar-refractivity contribution in [1.29, 1.82) is 0 Å². The molecule has 0 aliphatic heterocycles. The first kappa shape index (κ1) is 27.0. The molecule has 27 heavy (non-hydrogen) atoms. The van der Waals surface area contributed by atoms with Gasteiger partial charge in [0, 0.05) is 0 Å². The van der Waals surface area contributed by atoms with Gasteiger partial charge in [0.25, 0.3) is 0 Å². The summed E-state index contributed by atoms with van der Waals surface area (Å²) in [5.74, 6) is 0. The van der Waals surface area contributed by atoms with Gasteiger partial charge in [-0.2, -0.15) is 0 Å². The molecule has 0 aromatic rings. The van der Waals surface area contributed by atoms with E-state index in [-0.39, 0.29) is 0 Å². The van der Waals surface area contributed by atoms with Crippen molar-refractivity contribution in [3.63, 3.8) is 0 Å². The van der Waals surface area contributed by atoms with Crippen LogP contribution in [0.25, 0.3) is 0 Å². The number of hydrogen-bond donors (Lipinski definition) is 5. The topological polar surface area (TPSA) is 119 Å². The molecule has 0 aromatic heterocycles. The summed E-state index contributed by atoms with van der Waals surface area (Å²) in [7, 11) is -3.29. The van der Waals surface area contributed by atoms with Crippen molar-refractivity contribution >= 4 is 7.82 Å². The van der Waals surface area contributed by atoms with Gasteiger partial charge in [-0.05, 0) is 13.5 Å². The zero-order chi connectivity index (χ0) is 20.5. The maximum Gasteiger partial charge on any atom is 0.471 e. The second-order valence-corrected chi connectivity index (χ2v) is 8.59. The molecule has 5 N–H and O–H groups in total. The van der Waals surface area contributed by atoms with Crippen LogP contribution in [0.2, 0.25) is 0 Å². The fourth-order valence-corrected chi connectivity index (χ4v) is 3.69. The Morgan fingerprint density at radius 2 is 1.22 bits per heavy atom. The minimum absolute atomic E-state index is 0.449. The highest BCUT2D eigenvalue weighted by Gasteiger charge is 2.31. The lowest BCUT2D eigenvalue weighted by Gasteiger charge is -2.27. The van der Waals surface area contributed by atoms with Crippen molar-refractivity contribution in [2.24, 2.45) is 0 Å². The van der Waals surface area contributed by atoms with Crippen LogP contribution in [-0.2, 0) is 9.09 Å². The van der Waals surface area contributed by atoms with Crippen molar-refractivity contribution in [3.8, 4) is 0 Å². The van der Waals surface area contributed by atoms with E-state index < -0.39 is 26.3 Å². The van der Waals surface area contributed by atoms with E-state index in [1.165, 1.54) is 71.3 Å². The maximum absolute atomic E-state index is 10.8. The summed E-state index contributed by atoms with van der Waals surface area (Å²) in [6.45, 7) is 2.24. The molecule has 164 valence electrons. The standard InChI is InChI=1S/C19H42NO6P/c1-3-4-5-6-7-8-9-10-11-12-13-14-15-16-17(21)18(20-2)19(22)26-27(23,24)25/h17-22H,3-16H2,1-2H3,(H2,23,24,25)/t17-,18+,19?/m1/s1. The number of rotatable bonds is 19. The number of phosphoric ester groups is 1. The first-order chi connectivity index (χ1) is 12.8. The molecule has 0 rings (SSSR count). The summed E-state index contributed by atoms with van der Waals surface area (Å²) in [5.41, 5.74) is 0. The lowest BCUT2D eigenvalue weighted by molar-refractivity contribution is -0.0898. The summed E-state index contributed by atoms with van der Waals surface area (Å²) in [4.78, 5) is 17.5. The number of aliphatic hydroxyl groups excluding tert-OH is 2. The van der Waals surface area contributed by atoms with Crippen molar-refractivity contribution in [2.75, 3.05) is 7.05 Å². The predicted molar refractivity (Wildman–Crippen MR) is 108 cm³/mol. The first-order valence-electron chi connectivity index (χ1n) is 10.6. The first-order valence-corrected chi connectivity index (χ1v) is 12.1. The molecular weight excluding hydrogens is 369 g/mol. The van der Waals surface area contributed by atoms with Gasteiger partial charge in [0.2, 0.25) is 0 Å². The molecule has 3 atom stereocenters. The zero-order valence-corrected chi connectivity index (χ0v) is 18.1. The summed E-state index contributed by atoms with van der Waals surface area (Å²) < 4.78 is 15.0. The van der Waals surface area contributed by atoms with E-state index in [9.17, 15) is 14.8 Å². The zero-order valence-electron chi connectivity index (χ0n) is 17.2. The molecule has 0 saturated carbocycles. The van der Waals surface area contributed by atoms with E-state index >= 15 is 0 Å². The second-order valence-electron chi connectivity index (χ2n) is 7.40. The van der Waals surface area contributed by atoms with Crippen molar-refractivity contribution in [2.45, 2.75) is 115 Å². The molecule has 0 bridgehead atoms. The maximum atomic E-state index is 10.8. The molecule has 0 spiro atoms. The Kier molecular flexibility index (Phi) is 16.9. The molecule has 0 radical (unpaired) electrons. The Hall–Kier alpha value is -0.0100. The van der Waals surface area contributed by atoms with Crippen molar-refractivity contribution in [1.82, 2.24) is 5.32 Å². The normalized spacial score (nSPS) is 15.6. The average Bonchev–Trinajstić information content (AvgIpc) is 2.58. The number of unbranched alkanes of at least 4 members (excludes halogenated alkanes) is 12. The fourth-order valence-electron chi connectivity index (χ4n) is 3.28. The third-order valence-electron chi connectivity index (χ3n) is 4.90. The van der Waals surface area contributed by atoms with Gasteiger partial charge in [-0.15, -0.1) is 0 Å². The summed E-state index contributed by atoms with van der Waals surface area (Å²) in [6.07, 6.45) is 13.9. The van der Waals surface area contributed by atoms with E-state index in [0.29, 0.717) is 6.42 Å². The van der Waals surface area contributed by atoms with Crippen LogP contribution in [0.1, 0.15) is 96.8 Å². The van der Waals surface area contributed by atoms with Gasteiger partial charge in [-0.1, -0.05) is 90.4 Å². The lowest BCUT2D eigenvalue weighted by atomic mass is 10.0. The average molecular weight is 412 g/mol. The van der Waals surface area contributed by atoms with E-state index in [0.717, 1.165) is 19.3 Å². The third-order valence-corrected chi connectivity index (χ3v) is 5.39. The van der Waals surface area contributed by atoms with Crippen LogP contribution >= 0.6 is 7.82 Å². The predicted octanol–water partition coefficient (Wildman–Crippen LogP) is 3.84. The van der Waals surface area contributed by atoms with Crippen molar-refractivity contribution in [3.05, 3.63) is 0 Å². The van der Waals surface area contributed by atoms with Crippen molar-refractivity contribution < 1.29 is 29.1 Å². The largest absolute Gasteiger partial charge is 0.471 e. The van der Waals surface area contributed by atoms with Gasteiger partial charge in [0.15, 0.2) is 6.29 Å². The summed E-state index contributed by atoms with van der Waals surface area (Å²) in [6, 6.07) is -0.935. The molecule has 8 heteroatoms. The lowest BCUT2D eigenvalue weighted by Crippen LogP contribution is -2.47. The van der Waals surface area contributed by atoms with Gasteiger partial charge in [-0.3, -0.25) is 4.52 Å². The number of phosphoric acid groups is 1. The Morgan fingerprint density at radius 1 is 0.815 bits per heavy atom. The summed E-state index contributed by atoms with van der Waals surface area (Å²) >= 11 is 0. The molecule has 1 unspecified atom stereocenters. The van der Waals surface area contributed by atoms with Crippen LogP contribution in [0.15, 0.2) is 0 Å². The minimum atomic E-state index is -4.79. The molecular formula is C19H42NO6P. The smallest absolute Gasteiger partial charge is 0.391 e. The number of hydrogen-bond acceptors (Lipinski definition) is 5. The Labute approximate surface area is 165 Å². The molecule has 7 nitrogen and oxygen atoms in total. The van der Waals surface area contributed by atoms with E-state index in [1.54, 1.807) is 0 Å². The number of nitrogens with one attached hydrogen (secondary N) is 1. The minimum Gasteiger partial charge on any atom is -0.391 e. The molecule has 0 aromatic carbocycles. The fraction of sp³-hybridized carbons (Fsp3) is 1.00. The highest BCUT2D eigenvalue weighted by atomic mass is 31.2. The molecule has 0 aliphatic rings. The third kappa shape index (κ3) is 16.6. The van der Waals surface area contributed by atoms with Gasteiger partial charge < -0.3 is 25.3 Å². The Bertz CT molecular complexity index is 379. The molecule has 0 fully saturated rings. The van der Waals surface area contributed by atoms with Gasteiger partial charge in [0.05, 0.1) is 12.1 Å². The molecule has 0 saturated heterocycles. The van der Waals surface area contributed by atoms with Gasteiger partial charge in [0.1, 0.15) is 0 Å². The molecule has 0 aliphatic carbocycles. The highest BCUT2D eigenvalue weighted by Crippen LogP contribution is 2.38. The highest BCUT2D eigenvalue weighted by molar-refractivity contribution is 7.46. The molecule has 0 amide bonds. The Morgan fingerprint density at radius 3 is 1.59 bits per heavy atom. The van der Waals surface area contributed by atoms with E-state index in [4.69, 9.17) is 9.79 Å². The number of likely N-dealkylation sites (N-methyl/N-ethyl adjacent to an activating group) is 1. The SMILES string of the molecule is CCCCCCCCCCCCCCC[C@@H](O)[C@H](NC)C(O)OP(=O)(O)O. The van der Waals surface area contributed by atoms with E-state index in [2.05, 4.69) is 16.8 Å². The van der Waals surface area contributed by atoms with Crippen LogP contribution in [0.4, 0.5) is 0 Å². The van der Waals surface area contributed by atoms with Crippen LogP contribution in [0.5, 0.6) is 0 Å². The van der Waals surface area contributed by atoms with Crippen LogP contribution < -0.4 is 5.32 Å². The van der Waals surface area contributed by atoms with Gasteiger partial charge in [-0.25, -0.2) is 4.57 Å². The number of aliphatic hydroxyl groups is 2.